The lowest BCUT2D eigenvalue weighted by Crippen LogP contribution is -1.88. The van der Waals surface area contributed by atoms with Crippen LogP contribution in [0, 0.1) is 6.92 Å². The number of hydrogen-bond acceptors (Lipinski definition) is 3. The predicted molar refractivity (Wildman–Crippen MR) is 33.1 cm³/mol. The molecule has 0 bridgehead atoms. The highest BCUT2D eigenvalue weighted by molar-refractivity contribution is 4.89. The van der Waals surface area contributed by atoms with Crippen molar-refractivity contribution in [2.24, 2.45) is 0 Å². The molecule has 1 heterocycles. The zero-order valence-electron chi connectivity index (χ0n) is 6.80. The molecule has 3 nitrogen and oxygen atoms in total. The molecule has 0 N–H and O–H groups in total. The van der Waals surface area contributed by atoms with E-state index in [9.17, 15) is 0 Å². The van der Waals surface area contributed by atoms with Gasteiger partial charge in [-0.15, -0.1) is 0 Å². The molecule has 1 rings (SSSR count). The van der Waals surface area contributed by atoms with Crippen LogP contribution in [0.1, 0.15) is 32.8 Å². The monoisotopic (exact) mass is 127 g/mol. The molecule has 1 aromatic rings. The molecule has 3 heteroatoms. The maximum Gasteiger partial charge on any atom is 0.223 e. The third-order valence-corrected chi connectivity index (χ3v) is 0.975. The Kier molecular flexibility index (Phi) is 1.20. The van der Waals surface area contributed by atoms with E-state index < -0.39 is 5.89 Å². The van der Waals surface area contributed by atoms with E-state index in [1.807, 2.05) is 0 Å². The van der Waals surface area contributed by atoms with Crippen molar-refractivity contribution in [2.75, 3.05) is 0 Å². The van der Waals surface area contributed by atoms with E-state index in [0.29, 0.717) is 11.7 Å². The second-order valence-corrected chi connectivity index (χ2v) is 2.14. The van der Waals surface area contributed by atoms with E-state index in [1.165, 1.54) is 0 Å². The second-order valence-electron chi connectivity index (χ2n) is 2.14. The molecule has 0 saturated carbocycles. The minimum Gasteiger partial charge on any atom is -0.340 e. The van der Waals surface area contributed by atoms with E-state index in [1.54, 1.807) is 20.8 Å². The first kappa shape index (κ1) is 4.97. The molecular weight excluding hydrogens is 116 g/mol. The van der Waals surface area contributed by atoms with E-state index >= 15 is 0 Å². The van der Waals surface area contributed by atoms with Crippen LogP contribution in [-0.4, -0.2) is 10.1 Å². The molecule has 0 fully saturated rings. The average Bonchev–Trinajstić information content (AvgIpc) is 2.11. The van der Waals surface area contributed by atoms with Crippen molar-refractivity contribution in [2.45, 2.75) is 26.7 Å². The van der Waals surface area contributed by atoms with Crippen LogP contribution in [0.3, 0.4) is 0 Å². The van der Waals surface area contributed by atoms with Gasteiger partial charge in [0.15, 0.2) is 5.82 Å². The number of hydrogen-bond donors (Lipinski definition) is 0. The fourth-order valence-corrected chi connectivity index (χ4v) is 0.502. The third kappa shape index (κ3) is 1.28. The van der Waals surface area contributed by atoms with Crippen molar-refractivity contribution in [1.29, 1.82) is 0 Å². The summed E-state index contributed by atoms with van der Waals surface area (Å²) in [6.07, 6.45) is 0. The standard InChI is InChI=1S/C6H10N2O/c1-4(2)6-7-5(3)9-8-6/h4H,1-3H3/i4D. The van der Waals surface area contributed by atoms with Gasteiger partial charge in [-0.2, -0.15) is 4.98 Å². The first-order chi connectivity index (χ1) is 4.50. The fraction of sp³-hybridized carbons (Fsp3) is 0.667. The highest BCUT2D eigenvalue weighted by atomic mass is 16.5. The molecule has 50 valence electrons. The second kappa shape index (κ2) is 2.17. The molecule has 9 heavy (non-hydrogen) atoms. The molecule has 0 aromatic carbocycles. The summed E-state index contributed by atoms with van der Waals surface area (Å²) in [6, 6.07) is 0. The highest BCUT2D eigenvalue weighted by Gasteiger charge is 2.04. The lowest BCUT2D eigenvalue weighted by atomic mass is 10.2. The van der Waals surface area contributed by atoms with E-state index in [0.717, 1.165) is 0 Å². The quantitative estimate of drug-likeness (QED) is 0.573. The first-order valence-electron chi connectivity index (χ1n) is 3.31. The summed E-state index contributed by atoms with van der Waals surface area (Å²) in [5, 5.41) is 3.61. The van der Waals surface area contributed by atoms with Gasteiger partial charge in [0.05, 0.1) is 0 Å². The topological polar surface area (TPSA) is 38.9 Å². The molecule has 0 atom stereocenters. The van der Waals surface area contributed by atoms with Crippen LogP contribution >= 0.6 is 0 Å². The molecule has 0 spiro atoms. The number of nitrogens with zero attached hydrogens (tertiary/aromatic N) is 2. The molecule has 0 aliphatic carbocycles. The smallest absolute Gasteiger partial charge is 0.223 e. The summed E-state index contributed by atoms with van der Waals surface area (Å²) in [5.74, 6) is 0.193. The van der Waals surface area contributed by atoms with Gasteiger partial charge in [0.2, 0.25) is 5.89 Å². The van der Waals surface area contributed by atoms with Gasteiger partial charge in [0.25, 0.3) is 0 Å². The van der Waals surface area contributed by atoms with E-state index in [2.05, 4.69) is 10.1 Å². The van der Waals surface area contributed by atoms with Crippen LogP contribution in [0.25, 0.3) is 0 Å². The lowest BCUT2D eigenvalue weighted by Gasteiger charge is -1.90. The van der Waals surface area contributed by atoms with Crippen LogP contribution in [0.15, 0.2) is 4.52 Å². The van der Waals surface area contributed by atoms with Gasteiger partial charge in [-0.05, 0) is 0 Å². The summed E-state index contributed by atoms with van der Waals surface area (Å²) in [7, 11) is 0. The third-order valence-electron chi connectivity index (χ3n) is 0.975. The van der Waals surface area contributed by atoms with Gasteiger partial charge < -0.3 is 4.52 Å². The molecule has 0 unspecified atom stereocenters. The zero-order chi connectivity index (χ0) is 7.78. The van der Waals surface area contributed by atoms with Gasteiger partial charge in [-0.3, -0.25) is 0 Å². The highest BCUT2D eigenvalue weighted by Crippen LogP contribution is 2.07. The Morgan fingerprint density at radius 2 is 2.33 bits per heavy atom. The van der Waals surface area contributed by atoms with Gasteiger partial charge >= 0.3 is 0 Å². The van der Waals surface area contributed by atoms with Crippen LogP contribution in [0.2, 0.25) is 0 Å². The fourth-order valence-electron chi connectivity index (χ4n) is 0.502. The van der Waals surface area contributed by atoms with Gasteiger partial charge in [0.1, 0.15) is 0 Å². The normalized spacial score (nSPS) is 13.4. The van der Waals surface area contributed by atoms with Crippen LogP contribution in [0.5, 0.6) is 0 Å². The molecule has 0 radical (unpaired) electrons. The molecule has 0 amide bonds. The summed E-state index contributed by atoms with van der Waals surface area (Å²) >= 11 is 0. The van der Waals surface area contributed by atoms with Gasteiger partial charge in [-0.25, -0.2) is 0 Å². The van der Waals surface area contributed by atoms with Crippen molar-refractivity contribution in [1.82, 2.24) is 10.1 Å². The maximum absolute atomic E-state index is 7.50. The van der Waals surface area contributed by atoms with Crippen LogP contribution in [-0.2, 0) is 0 Å². The molecule has 0 saturated heterocycles. The first-order valence-corrected chi connectivity index (χ1v) is 2.81. The SMILES string of the molecule is [2H]C(C)(C)c1noc(C)n1. The Labute approximate surface area is 55.5 Å². The van der Waals surface area contributed by atoms with Crippen LogP contribution < -0.4 is 0 Å². The minimum absolute atomic E-state index is 0.435. The van der Waals surface area contributed by atoms with Crippen molar-refractivity contribution < 1.29 is 5.89 Å². The maximum atomic E-state index is 7.50. The Morgan fingerprint density at radius 1 is 1.67 bits per heavy atom. The van der Waals surface area contributed by atoms with Crippen LogP contribution in [0.4, 0.5) is 0 Å². The summed E-state index contributed by atoms with van der Waals surface area (Å²) < 4.78 is 12.2. The average molecular weight is 127 g/mol. The van der Waals surface area contributed by atoms with Crippen molar-refractivity contribution >= 4 is 0 Å². The largest absolute Gasteiger partial charge is 0.340 e. The van der Waals surface area contributed by atoms with E-state index in [-0.39, 0.29) is 0 Å². The van der Waals surface area contributed by atoms with E-state index in [4.69, 9.17) is 5.89 Å². The Bertz CT molecular complexity index is 226. The Balaban J connectivity index is 2.96. The van der Waals surface area contributed by atoms with Crippen molar-refractivity contribution in [3.05, 3.63) is 11.7 Å². The summed E-state index contributed by atoms with van der Waals surface area (Å²) in [4.78, 5) is 3.92. The zero-order valence-corrected chi connectivity index (χ0v) is 5.80. The molecule has 1 aromatic heterocycles. The van der Waals surface area contributed by atoms with Crippen molar-refractivity contribution in [3.63, 3.8) is 0 Å². The predicted octanol–water partition coefficient (Wildman–Crippen LogP) is 1.50. The summed E-state index contributed by atoms with van der Waals surface area (Å²) in [5.41, 5.74) is 0. The minimum atomic E-state index is -0.752. The number of aromatic nitrogens is 2. The Hall–Kier alpha value is -0.860. The van der Waals surface area contributed by atoms with Gasteiger partial charge in [0, 0.05) is 14.2 Å². The molecule has 0 aliphatic rings. The van der Waals surface area contributed by atoms with Crippen molar-refractivity contribution in [3.8, 4) is 0 Å². The molecule has 0 aliphatic heterocycles. The molecular formula is C6H10N2O. The van der Waals surface area contributed by atoms with Gasteiger partial charge in [-0.1, -0.05) is 19.0 Å². The summed E-state index contributed by atoms with van der Waals surface area (Å²) in [6.45, 7) is 5.15. The number of rotatable bonds is 1. The Morgan fingerprint density at radius 3 is 2.56 bits per heavy atom. The lowest BCUT2D eigenvalue weighted by molar-refractivity contribution is 0.385. The number of aryl methyl sites for hydroxylation is 1.